The summed E-state index contributed by atoms with van der Waals surface area (Å²) in [5.41, 5.74) is 1.74. The zero-order valence-electron chi connectivity index (χ0n) is 10.2. The fourth-order valence-electron chi connectivity index (χ4n) is 2.02. The molecule has 0 unspecified atom stereocenters. The molecule has 0 aliphatic carbocycles. The molecule has 0 bridgehead atoms. The second-order valence-electron chi connectivity index (χ2n) is 4.10. The molecule has 0 radical (unpaired) electrons. The van der Waals surface area contributed by atoms with Crippen molar-refractivity contribution in [2.24, 2.45) is 0 Å². The third-order valence-corrected chi connectivity index (χ3v) is 3.17. The van der Waals surface area contributed by atoms with E-state index in [0.717, 1.165) is 43.0 Å². The molecule has 104 valence electrons. The summed E-state index contributed by atoms with van der Waals surface area (Å²) in [6, 6.07) is 5.60. The van der Waals surface area contributed by atoms with Gasteiger partial charge < -0.3 is 10.2 Å². The Bertz CT molecular complexity index is 543. The molecule has 1 fully saturated rings. The predicted molar refractivity (Wildman–Crippen MR) is 84.1 cm³/mol. The van der Waals surface area contributed by atoms with Gasteiger partial charge >= 0.3 is 0 Å². The fourth-order valence-corrected chi connectivity index (χ4v) is 2.19. The molecule has 1 aliphatic heterocycles. The molecule has 1 aromatic heterocycles. The number of anilines is 1. The summed E-state index contributed by atoms with van der Waals surface area (Å²) in [5, 5.41) is 4.02. The monoisotopic (exact) mass is 320 g/mol. The van der Waals surface area contributed by atoms with Crippen molar-refractivity contribution in [3.63, 3.8) is 0 Å². The maximum atomic E-state index is 5.92. The SMILES string of the molecule is Cl.Cl.Clc1ccc2nc(N3CCNCC3)cnc2c1. The highest BCUT2D eigenvalue weighted by molar-refractivity contribution is 6.31. The van der Waals surface area contributed by atoms with E-state index >= 15 is 0 Å². The van der Waals surface area contributed by atoms with E-state index in [4.69, 9.17) is 11.6 Å². The van der Waals surface area contributed by atoms with E-state index < -0.39 is 0 Å². The van der Waals surface area contributed by atoms with Gasteiger partial charge in [0.15, 0.2) is 0 Å². The highest BCUT2D eigenvalue weighted by atomic mass is 35.5. The molecule has 1 saturated heterocycles. The van der Waals surface area contributed by atoms with Crippen molar-refractivity contribution in [2.75, 3.05) is 31.1 Å². The number of nitrogens with zero attached hydrogens (tertiary/aromatic N) is 3. The van der Waals surface area contributed by atoms with Crippen LogP contribution in [-0.4, -0.2) is 36.1 Å². The molecule has 0 saturated carbocycles. The summed E-state index contributed by atoms with van der Waals surface area (Å²) in [6.07, 6.45) is 1.82. The Morgan fingerprint density at radius 3 is 2.58 bits per heavy atom. The molecule has 0 atom stereocenters. The van der Waals surface area contributed by atoms with Gasteiger partial charge in [0.2, 0.25) is 0 Å². The third kappa shape index (κ3) is 3.60. The molecule has 7 heteroatoms. The summed E-state index contributed by atoms with van der Waals surface area (Å²) in [6.45, 7) is 3.96. The van der Waals surface area contributed by atoms with Gasteiger partial charge in [-0.05, 0) is 18.2 Å². The molecule has 2 heterocycles. The van der Waals surface area contributed by atoms with E-state index in [9.17, 15) is 0 Å². The van der Waals surface area contributed by atoms with Crippen LogP contribution in [0.25, 0.3) is 11.0 Å². The van der Waals surface area contributed by atoms with Gasteiger partial charge in [-0.15, -0.1) is 24.8 Å². The fraction of sp³-hybridized carbons (Fsp3) is 0.333. The summed E-state index contributed by atoms with van der Waals surface area (Å²) in [7, 11) is 0. The molecule has 2 aromatic rings. The lowest BCUT2D eigenvalue weighted by Gasteiger charge is -2.28. The first kappa shape index (κ1) is 16.2. The Kier molecular flexibility index (Phi) is 6.07. The Morgan fingerprint density at radius 1 is 1.11 bits per heavy atom. The maximum Gasteiger partial charge on any atom is 0.147 e. The number of hydrogen-bond donors (Lipinski definition) is 1. The Hall–Kier alpha value is -0.810. The van der Waals surface area contributed by atoms with E-state index in [-0.39, 0.29) is 24.8 Å². The van der Waals surface area contributed by atoms with Crippen LogP contribution in [0.3, 0.4) is 0 Å². The van der Waals surface area contributed by atoms with E-state index in [1.54, 1.807) is 0 Å². The van der Waals surface area contributed by atoms with Crippen LogP contribution in [0, 0.1) is 0 Å². The van der Waals surface area contributed by atoms with Gasteiger partial charge in [-0.3, -0.25) is 4.98 Å². The van der Waals surface area contributed by atoms with Gasteiger partial charge in [-0.1, -0.05) is 11.6 Å². The Balaban J connectivity index is 0.000000902. The van der Waals surface area contributed by atoms with Gasteiger partial charge in [0.05, 0.1) is 17.2 Å². The summed E-state index contributed by atoms with van der Waals surface area (Å²) >= 11 is 5.92. The molecule has 1 N–H and O–H groups in total. The first-order valence-corrected chi connectivity index (χ1v) is 6.09. The normalized spacial score (nSPS) is 14.7. The third-order valence-electron chi connectivity index (χ3n) is 2.93. The smallest absolute Gasteiger partial charge is 0.147 e. The predicted octanol–water partition coefficient (Wildman–Crippen LogP) is 2.54. The molecule has 1 aromatic carbocycles. The number of fused-ring (bicyclic) bond motifs is 1. The second-order valence-corrected chi connectivity index (χ2v) is 4.53. The largest absolute Gasteiger partial charge is 0.353 e. The number of aromatic nitrogens is 2. The van der Waals surface area contributed by atoms with Crippen LogP contribution >= 0.6 is 36.4 Å². The highest BCUT2D eigenvalue weighted by Gasteiger charge is 2.12. The Morgan fingerprint density at radius 2 is 1.84 bits per heavy atom. The van der Waals surface area contributed by atoms with Crippen molar-refractivity contribution in [3.8, 4) is 0 Å². The van der Waals surface area contributed by atoms with E-state index in [2.05, 4.69) is 20.2 Å². The van der Waals surface area contributed by atoms with Crippen molar-refractivity contribution >= 4 is 53.3 Å². The summed E-state index contributed by atoms with van der Waals surface area (Å²) in [5.74, 6) is 0.946. The number of hydrogen-bond acceptors (Lipinski definition) is 4. The summed E-state index contributed by atoms with van der Waals surface area (Å²) in [4.78, 5) is 11.3. The first-order chi connectivity index (χ1) is 8.33. The number of rotatable bonds is 1. The lowest BCUT2D eigenvalue weighted by atomic mass is 10.3. The van der Waals surface area contributed by atoms with Gasteiger partial charge in [0.1, 0.15) is 5.82 Å². The minimum Gasteiger partial charge on any atom is -0.353 e. The van der Waals surface area contributed by atoms with Crippen LogP contribution in [0.4, 0.5) is 5.82 Å². The van der Waals surface area contributed by atoms with E-state index in [1.807, 2.05) is 24.4 Å². The van der Waals surface area contributed by atoms with Gasteiger partial charge in [0.25, 0.3) is 0 Å². The van der Waals surface area contributed by atoms with Crippen molar-refractivity contribution in [2.45, 2.75) is 0 Å². The van der Waals surface area contributed by atoms with Crippen LogP contribution < -0.4 is 10.2 Å². The van der Waals surface area contributed by atoms with Gasteiger partial charge in [-0.2, -0.15) is 0 Å². The van der Waals surface area contributed by atoms with Crippen LogP contribution in [0.1, 0.15) is 0 Å². The molecular weight excluding hydrogens is 307 g/mol. The van der Waals surface area contributed by atoms with Crippen LogP contribution in [0.5, 0.6) is 0 Å². The molecule has 3 rings (SSSR count). The zero-order valence-corrected chi connectivity index (χ0v) is 12.6. The first-order valence-electron chi connectivity index (χ1n) is 5.71. The molecule has 4 nitrogen and oxygen atoms in total. The van der Waals surface area contributed by atoms with Gasteiger partial charge in [-0.25, -0.2) is 4.98 Å². The zero-order chi connectivity index (χ0) is 11.7. The minimum atomic E-state index is 0. The van der Waals surface area contributed by atoms with Crippen LogP contribution in [0.15, 0.2) is 24.4 Å². The van der Waals surface area contributed by atoms with E-state index in [0.29, 0.717) is 5.02 Å². The Labute approximate surface area is 129 Å². The molecule has 0 amide bonds. The number of nitrogens with one attached hydrogen (secondary N) is 1. The molecule has 0 spiro atoms. The van der Waals surface area contributed by atoms with Crippen LogP contribution in [-0.2, 0) is 0 Å². The van der Waals surface area contributed by atoms with Gasteiger partial charge in [0, 0.05) is 31.2 Å². The minimum absolute atomic E-state index is 0. The molecule has 19 heavy (non-hydrogen) atoms. The molecule has 1 aliphatic rings. The summed E-state index contributed by atoms with van der Waals surface area (Å²) < 4.78 is 0. The average Bonchev–Trinajstić information content (AvgIpc) is 2.39. The van der Waals surface area contributed by atoms with Crippen LogP contribution in [0.2, 0.25) is 5.02 Å². The highest BCUT2D eigenvalue weighted by Crippen LogP contribution is 2.19. The molecular formula is C12H15Cl3N4. The number of benzene rings is 1. The van der Waals surface area contributed by atoms with E-state index in [1.165, 1.54) is 0 Å². The topological polar surface area (TPSA) is 41.1 Å². The average molecular weight is 322 g/mol. The maximum absolute atomic E-state index is 5.92. The quantitative estimate of drug-likeness (QED) is 0.876. The second kappa shape index (κ2) is 7.10. The number of halogens is 3. The standard InChI is InChI=1S/C12H13ClN4.2ClH/c13-9-1-2-10-11(7-9)15-8-12(16-10)17-5-3-14-4-6-17;;/h1-2,7-8,14H,3-6H2;2*1H. The lowest BCUT2D eigenvalue weighted by Crippen LogP contribution is -2.43. The van der Waals surface area contributed by atoms with Crippen molar-refractivity contribution in [1.82, 2.24) is 15.3 Å². The number of piperazine rings is 1. The lowest BCUT2D eigenvalue weighted by molar-refractivity contribution is 0.585. The van der Waals surface area contributed by atoms with Crippen molar-refractivity contribution in [3.05, 3.63) is 29.4 Å². The van der Waals surface area contributed by atoms with Crippen molar-refractivity contribution in [1.29, 1.82) is 0 Å². The van der Waals surface area contributed by atoms with Crippen molar-refractivity contribution < 1.29 is 0 Å².